The van der Waals surface area contributed by atoms with Gasteiger partial charge in [-0.1, -0.05) is 17.7 Å². The maximum absolute atomic E-state index is 12.2. The zero-order valence-electron chi connectivity index (χ0n) is 15.2. The minimum Gasteiger partial charge on any atom is -0.497 e. The van der Waals surface area contributed by atoms with Crippen LogP contribution in [0, 0.1) is 0 Å². The summed E-state index contributed by atoms with van der Waals surface area (Å²) in [6, 6.07) is 13.6. The van der Waals surface area contributed by atoms with Crippen LogP contribution in [0.25, 0.3) is 0 Å². The zero-order chi connectivity index (χ0) is 20.1. The van der Waals surface area contributed by atoms with Crippen molar-refractivity contribution in [2.75, 3.05) is 12.0 Å². The predicted molar refractivity (Wildman–Crippen MR) is 108 cm³/mol. The van der Waals surface area contributed by atoms with E-state index in [1.807, 2.05) is 0 Å². The number of thiazole rings is 1. The molecule has 8 heteroatoms. The van der Waals surface area contributed by atoms with Gasteiger partial charge in [0.25, 0.3) is 0 Å². The minimum atomic E-state index is -0.463. The van der Waals surface area contributed by atoms with Crippen molar-refractivity contribution in [3.05, 3.63) is 70.2 Å². The van der Waals surface area contributed by atoms with Gasteiger partial charge in [0.2, 0.25) is 5.91 Å². The molecule has 28 heavy (non-hydrogen) atoms. The SMILES string of the molecule is COc1ccc(C(=O)OCc2csc(N(C(C)=O)c3cccc(Cl)c3)n2)cc1. The monoisotopic (exact) mass is 416 g/mol. The summed E-state index contributed by atoms with van der Waals surface area (Å²) in [6.45, 7) is 1.45. The van der Waals surface area contributed by atoms with Gasteiger partial charge < -0.3 is 9.47 Å². The first-order valence-corrected chi connectivity index (χ1v) is 9.55. The maximum Gasteiger partial charge on any atom is 0.338 e. The third kappa shape index (κ3) is 4.68. The number of hydrogen-bond acceptors (Lipinski definition) is 6. The summed E-state index contributed by atoms with van der Waals surface area (Å²) >= 11 is 7.31. The fraction of sp³-hybridized carbons (Fsp3) is 0.150. The summed E-state index contributed by atoms with van der Waals surface area (Å²) in [5.41, 5.74) is 1.59. The van der Waals surface area contributed by atoms with E-state index in [-0.39, 0.29) is 12.5 Å². The molecule has 0 fully saturated rings. The second-order valence-electron chi connectivity index (χ2n) is 5.76. The lowest BCUT2D eigenvalue weighted by Gasteiger charge is -2.18. The largest absolute Gasteiger partial charge is 0.497 e. The first-order chi connectivity index (χ1) is 13.5. The Balaban J connectivity index is 1.70. The summed E-state index contributed by atoms with van der Waals surface area (Å²) in [6.07, 6.45) is 0. The topological polar surface area (TPSA) is 68.7 Å². The number of halogens is 1. The van der Waals surface area contributed by atoms with Gasteiger partial charge in [-0.25, -0.2) is 9.78 Å². The standard InChI is InChI=1S/C20H17ClN2O4S/c1-13(24)23(17-5-3-4-15(21)10-17)20-22-16(12-28-20)11-27-19(25)14-6-8-18(26-2)9-7-14/h3-10,12H,11H2,1-2H3. The maximum atomic E-state index is 12.2. The second kappa shape index (κ2) is 8.86. The van der Waals surface area contributed by atoms with Gasteiger partial charge >= 0.3 is 5.97 Å². The molecule has 6 nitrogen and oxygen atoms in total. The van der Waals surface area contributed by atoms with E-state index in [1.165, 1.54) is 23.2 Å². The van der Waals surface area contributed by atoms with E-state index in [0.717, 1.165) is 0 Å². The average Bonchev–Trinajstić information content (AvgIpc) is 3.14. The van der Waals surface area contributed by atoms with Gasteiger partial charge in [-0.05, 0) is 42.5 Å². The Morgan fingerprint density at radius 1 is 1.18 bits per heavy atom. The summed E-state index contributed by atoms with van der Waals surface area (Å²) in [5, 5.41) is 2.75. The third-order valence-electron chi connectivity index (χ3n) is 3.79. The number of ether oxygens (including phenoxy) is 2. The summed E-state index contributed by atoms with van der Waals surface area (Å²) < 4.78 is 10.4. The number of hydrogen-bond donors (Lipinski definition) is 0. The molecular formula is C20H17ClN2O4S. The van der Waals surface area contributed by atoms with Crippen LogP contribution in [-0.4, -0.2) is 24.0 Å². The highest BCUT2D eigenvalue weighted by Gasteiger charge is 2.19. The molecule has 144 valence electrons. The number of nitrogens with zero attached hydrogens (tertiary/aromatic N) is 2. The number of anilines is 2. The first-order valence-electron chi connectivity index (χ1n) is 8.30. The first kappa shape index (κ1) is 19.9. The molecular weight excluding hydrogens is 400 g/mol. The van der Waals surface area contributed by atoms with E-state index in [4.69, 9.17) is 21.1 Å². The van der Waals surface area contributed by atoms with Crippen molar-refractivity contribution >= 4 is 45.6 Å². The Kier molecular flexibility index (Phi) is 6.28. The van der Waals surface area contributed by atoms with Crippen molar-refractivity contribution in [2.45, 2.75) is 13.5 Å². The fourth-order valence-electron chi connectivity index (χ4n) is 2.46. The third-order valence-corrected chi connectivity index (χ3v) is 4.90. The average molecular weight is 417 g/mol. The van der Waals surface area contributed by atoms with Crippen LogP contribution in [0.4, 0.5) is 10.8 Å². The highest BCUT2D eigenvalue weighted by Crippen LogP contribution is 2.30. The predicted octanol–water partition coefficient (Wildman–Crippen LogP) is 4.85. The molecule has 0 saturated carbocycles. The molecule has 0 spiro atoms. The lowest BCUT2D eigenvalue weighted by molar-refractivity contribution is -0.115. The molecule has 0 N–H and O–H groups in total. The molecule has 0 aliphatic heterocycles. The molecule has 2 aromatic carbocycles. The Morgan fingerprint density at radius 2 is 1.93 bits per heavy atom. The zero-order valence-corrected chi connectivity index (χ0v) is 16.8. The molecule has 1 heterocycles. The van der Waals surface area contributed by atoms with Crippen LogP contribution in [0.15, 0.2) is 53.9 Å². The molecule has 0 unspecified atom stereocenters. The number of benzene rings is 2. The Morgan fingerprint density at radius 3 is 2.57 bits per heavy atom. The smallest absolute Gasteiger partial charge is 0.338 e. The lowest BCUT2D eigenvalue weighted by Crippen LogP contribution is -2.22. The quantitative estimate of drug-likeness (QED) is 0.537. The van der Waals surface area contributed by atoms with Crippen molar-refractivity contribution < 1.29 is 19.1 Å². The molecule has 0 aliphatic carbocycles. The Hall–Kier alpha value is -2.90. The Bertz CT molecular complexity index is 988. The van der Waals surface area contributed by atoms with Crippen LogP contribution in [0.2, 0.25) is 5.02 Å². The second-order valence-corrected chi connectivity index (χ2v) is 7.03. The van der Waals surface area contributed by atoms with Crippen LogP contribution >= 0.6 is 22.9 Å². The summed E-state index contributed by atoms with van der Waals surface area (Å²) in [4.78, 5) is 30.2. The number of esters is 1. The number of carbonyl (C=O) groups is 2. The van der Waals surface area contributed by atoms with Gasteiger partial charge in [0.15, 0.2) is 5.13 Å². The van der Waals surface area contributed by atoms with Gasteiger partial charge in [0.1, 0.15) is 12.4 Å². The van der Waals surface area contributed by atoms with Crippen LogP contribution in [0.5, 0.6) is 5.75 Å². The van der Waals surface area contributed by atoms with Gasteiger partial charge in [-0.2, -0.15) is 0 Å². The minimum absolute atomic E-state index is 0.00263. The highest BCUT2D eigenvalue weighted by atomic mass is 35.5. The van der Waals surface area contributed by atoms with E-state index in [0.29, 0.717) is 32.8 Å². The fourth-order valence-corrected chi connectivity index (χ4v) is 3.51. The lowest BCUT2D eigenvalue weighted by atomic mass is 10.2. The normalized spacial score (nSPS) is 10.4. The molecule has 3 rings (SSSR count). The molecule has 0 radical (unpaired) electrons. The van der Waals surface area contributed by atoms with Gasteiger partial charge in [-0.15, -0.1) is 11.3 Å². The number of aromatic nitrogens is 1. The molecule has 3 aromatic rings. The van der Waals surface area contributed by atoms with Crippen molar-refractivity contribution in [3.63, 3.8) is 0 Å². The molecule has 1 aromatic heterocycles. The number of methoxy groups -OCH3 is 1. The van der Waals surface area contributed by atoms with Crippen LogP contribution in [-0.2, 0) is 16.1 Å². The molecule has 1 amide bonds. The van der Waals surface area contributed by atoms with E-state index in [1.54, 1.807) is 61.0 Å². The number of carbonyl (C=O) groups excluding carboxylic acids is 2. The Labute approximate surface area is 171 Å². The van der Waals surface area contributed by atoms with E-state index >= 15 is 0 Å². The molecule has 0 saturated heterocycles. The molecule has 0 aliphatic rings. The van der Waals surface area contributed by atoms with Crippen LogP contribution in [0.3, 0.4) is 0 Å². The van der Waals surface area contributed by atoms with Crippen molar-refractivity contribution in [1.82, 2.24) is 4.98 Å². The van der Waals surface area contributed by atoms with Crippen molar-refractivity contribution in [1.29, 1.82) is 0 Å². The van der Waals surface area contributed by atoms with Crippen LogP contribution < -0.4 is 9.64 Å². The van der Waals surface area contributed by atoms with Crippen LogP contribution in [0.1, 0.15) is 23.0 Å². The number of rotatable bonds is 6. The van der Waals surface area contributed by atoms with E-state index in [9.17, 15) is 9.59 Å². The van der Waals surface area contributed by atoms with Gasteiger partial charge in [0.05, 0.1) is 24.1 Å². The molecule has 0 bridgehead atoms. The summed E-state index contributed by atoms with van der Waals surface area (Å²) in [7, 11) is 1.56. The number of amides is 1. The molecule has 0 atom stereocenters. The van der Waals surface area contributed by atoms with Gasteiger partial charge in [-0.3, -0.25) is 9.69 Å². The van der Waals surface area contributed by atoms with E-state index < -0.39 is 5.97 Å². The summed E-state index contributed by atoms with van der Waals surface area (Å²) in [5.74, 6) is -0.0000971. The highest BCUT2D eigenvalue weighted by molar-refractivity contribution is 7.14. The van der Waals surface area contributed by atoms with Crippen molar-refractivity contribution in [2.24, 2.45) is 0 Å². The van der Waals surface area contributed by atoms with E-state index in [2.05, 4.69) is 4.98 Å². The van der Waals surface area contributed by atoms with Gasteiger partial charge in [0, 0.05) is 17.3 Å². The van der Waals surface area contributed by atoms with Crippen molar-refractivity contribution in [3.8, 4) is 5.75 Å².